The summed E-state index contributed by atoms with van der Waals surface area (Å²) in [5.41, 5.74) is 1.93. The van der Waals surface area contributed by atoms with Crippen LogP contribution in [0.4, 0.5) is 0 Å². The highest BCUT2D eigenvalue weighted by atomic mass is 32.1. The molecule has 0 aliphatic carbocycles. The van der Waals surface area contributed by atoms with Crippen molar-refractivity contribution in [1.29, 1.82) is 0 Å². The molecule has 5 aromatic carbocycles. The Morgan fingerprint density at radius 2 is 1.16 bits per heavy atom. The van der Waals surface area contributed by atoms with E-state index in [2.05, 4.69) is 0 Å². The molecule has 0 aromatic heterocycles. The first-order chi connectivity index (χ1) is 24.3. The predicted molar refractivity (Wildman–Crippen MR) is 205 cm³/mol. The fraction of sp³-hybridized carbons (Fsp3) is 0.167. The molecule has 6 rings (SSSR count). The molecule has 1 unspecified atom stereocenters. The molecule has 0 radical (unpaired) electrons. The lowest BCUT2D eigenvalue weighted by Gasteiger charge is -2.51. The Morgan fingerprint density at radius 1 is 0.720 bits per heavy atom. The quantitative estimate of drug-likeness (QED) is 0.0491. The van der Waals surface area contributed by atoms with Gasteiger partial charge in [-0.3, -0.25) is 9.59 Å². The van der Waals surface area contributed by atoms with Gasteiger partial charge in [0.15, 0.2) is 0 Å². The van der Waals surface area contributed by atoms with E-state index in [0.717, 1.165) is 27.0 Å². The number of nitrogens with zero attached hydrogens (tertiary/aromatic N) is 1. The summed E-state index contributed by atoms with van der Waals surface area (Å²) in [6, 6.07) is 48.2. The highest BCUT2D eigenvalue weighted by molar-refractivity contribution is 7.96. The summed E-state index contributed by atoms with van der Waals surface area (Å²) in [6.07, 6.45) is -0.478. The van der Waals surface area contributed by atoms with Crippen molar-refractivity contribution in [3.05, 3.63) is 163 Å². The first kappa shape index (κ1) is 34.8. The largest absolute Gasteiger partial charge is 0.462 e. The maximum atomic E-state index is 15.1. The van der Waals surface area contributed by atoms with Gasteiger partial charge < -0.3 is 14.4 Å². The third kappa shape index (κ3) is 6.98. The van der Waals surface area contributed by atoms with E-state index < -0.39 is 36.9 Å². The summed E-state index contributed by atoms with van der Waals surface area (Å²) >= 11 is 5.99. The van der Waals surface area contributed by atoms with Crippen molar-refractivity contribution in [2.45, 2.75) is 39.0 Å². The van der Waals surface area contributed by atoms with E-state index in [9.17, 15) is 9.59 Å². The lowest BCUT2D eigenvalue weighted by Crippen LogP contribution is -2.69. The van der Waals surface area contributed by atoms with Crippen LogP contribution in [0.15, 0.2) is 152 Å². The number of hydrogen-bond acceptors (Lipinski definition) is 6. The first-order valence-corrected chi connectivity index (χ1v) is 18.7. The number of amides is 1. The molecule has 8 heteroatoms. The molecule has 5 aromatic rings. The van der Waals surface area contributed by atoms with Crippen molar-refractivity contribution in [3.63, 3.8) is 0 Å². The van der Waals surface area contributed by atoms with E-state index in [4.69, 9.17) is 21.7 Å². The number of carbonyl (C=O) groups excluding carboxylic acids is 3. The van der Waals surface area contributed by atoms with Crippen molar-refractivity contribution in [1.82, 2.24) is 4.90 Å². The van der Waals surface area contributed by atoms with Crippen LogP contribution >= 0.6 is 19.1 Å². The van der Waals surface area contributed by atoms with Crippen LogP contribution in [0.3, 0.4) is 0 Å². The summed E-state index contributed by atoms with van der Waals surface area (Å²) in [4.78, 5) is 44.2. The number of carbonyl (C=O) groups is 3. The van der Waals surface area contributed by atoms with E-state index in [1.54, 1.807) is 11.8 Å². The molecule has 0 N–H and O–H groups in total. The normalized spacial score (nSPS) is 16.1. The minimum atomic E-state index is -3.14. The molecule has 6 nitrogen and oxygen atoms in total. The van der Waals surface area contributed by atoms with Gasteiger partial charge in [0.05, 0.1) is 12.0 Å². The Labute approximate surface area is 298 Å². The van der Waals surface area contributed by atoms with Crippen LogP contribution in [-0.2, 0) is 30.5 Å². The zero-order valence-corrected chi connectivity index (χ0v) is 29.6. The minimum absolute atomic E-state index is 0.0178. The first-order valence-electron chi connectivity index (χ1n) is 16.6. The highest BCUT2D eigenvalue weighted by Crippen LogP contribution is 2.50. The second kappa shape index (κ2) is 15.6. The smallest absolute Gasteiger partial charge is 0.356 e. The Balaban J connectivity index is 1.65. The van der Waals surface area contributed by atoms with Crippen molar-refractivity contribution < 1.29 is 23.9 Å². The third-order valence-electron chi connectivity index (χ3n) is 8.99. The number of hydrogen-bond donors (Lipinski definition) is 0. The number of β-lactam (4-membered cyclic amide) rings is 1. The zero-order valence-electron chi connectivity index (χ0n) is 27.9. The van der Waals surface area contributed by atoms with Gasteiger partial charge in [-0.1, -0.05) is 164 Å². The Hall–Kier alpha value is -5.10. The number of rotatable bonds is 12. The number of benzene rings is 5. The molecule has 252 valence electrons. The molecular formula is C42H38NO5PS. The van der Waals surface area contributed by atoms with E-state index in [0.29, 0.717) is 4.86 Å². The minimum Gasteiger partial charge on any atom is -0.462 e. The van der Waals surface area contributed by atoms with Gasteiger partial charge in [0, 0.05) is 25.1 Å². The average molecular weight is 700 g/mol. The topological polar surface area (TPSA) is 72.9 Å². The lowest BCUT2D eigenvalue weighted by molar-refractivity contribution is -0.166. The Morgan fingerprint density at radius 3 is 1.62 bits per heavy atom. The molecule has 1 saturated heterocycles. The van der Waals surface area contributed by atoms with Crippen LogP contribution < -0.4 is 15.9 Å². The summed E-state index contributed by atoms with van der Waals surface area (Å²) in [7, 11) is 0. The molecule has 0 bridgehead atoms. The van der Waals surface area contributed by atoms with E-state index in [1.165, 1.54) is 6.92 Å². The van der Waals surface area contributed by atoms with Crippen molar-refractivity contribution >= 4 is 63.1 Å². The van der Waals surface area contributed by atoms with Gasteiger partial charge in [-0.2, -0.15) is 0 Å². The van der Waals surface area contributed by atoms with Crippen LogP contribution in [0, 0.1) is 5.92 Å². The highest BCUT2D eigenvalue weighted by Gasteiger charge is 2.56. The fourth-order valence-corrected chi connectivity index (χ4v) is 11.5. The van der Waals surface area contributed by atoms with Crippen LogP contribution in [0.5, 0.6) is 0 Å². The van der Waals surface area contributed by atoms with Crippen molar-refractivity contribution in [2.24, 2.45) is 5.92 Å². The SMILES string of the molecule is CC(=O)OC(C)[C@@H]1C(=O)N(C(C(=O)OCc2ccccc2)=P(c2ccccc2)(c2ccccc2)c2ccccc2)[C@@H]1CC(=S)c1ccccc1. The summed E-state index contributed by atoms with van der Waals surface area (Å²) < 4.78 is 11.8. The number of esters is 2. The molecule has 1 aliphatic heterocycles. The number of likely N-dealkylation sites (tertiary alicyclic amines) is 1. The Bertz CT molecular complexity index is 1920. The summed E-state index contributed by atoms with van der Waals surface area (Å²) in [5.74, 6) is -2.14. The van der Waals surface area contributed by atoms with E-state index >= 15 is 4.79 Å². The van der Waals surface area contributed by atoms with Gasteiger partial charge in [0.1, 0.15) is 18.1 Å². The molecule has 3 atom stereocenters. The maximum Gasteiger partial charge on any atom is 0.356 e. The molecule has 0 saturated carbocycles. The molecule has 1 heterocycles. The van der Waals surface area contributed by atoms with Crippen LogP contribution in [0.1, 0.15) is 31.4 Å². The molecule has 1 amide bonds. The molecule has 1 aliphatic rings. The molecular weight excluding hydrogens is 662 g/mol. The monoisotopic (exact) mass is 699 g/mol. The predicted octanol–water partition coefficient (Wildman–Crippen LogP) is 6.44. The molecule has 0 spiro atoms. The van der Waals surface area contributed by atoms with Gasteiger partial charge in [-0.05, 0) is 34.0 Å². The standard InChI is InChI=1S/C42H38NO5PS/c1-30(48-31(2)44)39-37(28-38(50)33-20-10-4-11-21-33)43(40(39)45)41(42(46)47-29-32-18-8-3-9-19-32)49(34-22-12-5-13-23-34,35-24-14-6-15-25-35)36-26-16-7-17-27-36/h3-27,30,37,39H,28-29H2,1-2H3/t30?,37-,39+/m1/s1. The number of thiocarbonyl (C=S) groups is 1. The van der Waals surface area contributed by atoms with Gasteiger partial charge in [-0.25, -0.2) is 4.79 Å². The average Bonchev–Trinajstić information content (AvgIpc) is 3.15. The lowest BCUT2D eigenvalue weighted by atomic mass is 9.80. The number of ether oxygens (including phenoxy) is 2. The molecule has 50 heavy (non-hydrogen) atoms. The fourth-order valence-electron chi connectivity index (χ4n) is 6.78. The van der Waals surface area contributed by atoms with Gasteiger partial charge >= 0.3 is 11.9 Å². The second-order valence-electron chi connectivity index (χ2n) is 12.2. The molecule has 1 fully saturated rings. The maximum absolute atomic E-state index is 15.1. The van der Waals surface area contributed by atoms with Crippen LogP contribution in [0.25, 0.3) is 0 Å². The van der Waals surface area contributed by atoms with Crippen molar-refractivity contribution in [3.8, 4) is 0 Å². The van der Waals surface area contributed by atoms with E-state index in [1.807, 2.05) is 152 Å². The van der Waals surface area contributed by atoms with Gasteiger partial charge in [-0.15, -0.1) is 0 Å². The zero-order chi connectivity index (χ0) is 35.1. The van der Waals surface area contributed by atoms with Crippen molar-refractivity contribution in [2.75, 3.05) is 0 Å². The summed E-state index contributed by atoms with van der Waals surface area (Å²) in [5, 5.41) is 2.66. The van der Waals surface area contributed by atoms with E-state index in [-0.39, 0.29) is 24.4 Å². The van der Waals surface area contributed by atoms with Crippen LogP contribution in [0.2, 0.25) is 0 Å². The third-order valence-corrected chi connectivity index (χ3v) is 13.6. The van der Waals surface area contributed by atoms with Crippen LogP contribution in [-0.4, -0.2) is 45.2 Å². The Kier molecular flexibility index (Phi) is 10.9. The van der Waals surface area contributed by atoms with Gasteiger partial charge in [0.2, 0.25) is 5.91 Å². The van der Waals surface area contributed by atoms with Gasteiger partial charge in [0.25, 0.3) is 0 Å². The second-order valence-corrected chi connectivity index (χ2v) is 16.0. The summed E-state index contributed by atoms with van der Waals surface area (Å²) in [6.45, 7) is -0.0695.